The molecule has 1 aromatic carbocycles. The Bertz CT molecular complexity index is 527. The van der Waals surface area contributed by atoms with Crippen molar-refractivity contribution in [1.29, 1.82) is 0 Å². The van der Waals surface area contributed by atoms with Crippen LogP contribution in [0.2, 0.25) is 0 Å². The molecule has 1 fully saturated rings. The van der Waals surface area contributed by atoms with Crippen LogP contribution in [0.1, 0.15) is 30.9 Å². The number of rotatable bonds is 1. The molecule has 1 aromatic rings. The molecule has 1 amide bonds. The number of benzene rings is 1. The first-order chi connectivity index (χ1) is 9.06. The monoisotopic (exact) mass is 260 g/mol. The Morgan fingerprint density at radius 2 is 2.21 bits per heavy atom. The number of carbonyl (C=O) groups excluding carboxylic acids is 1. The topological polar surface area (TPSA) is 55.6 Å². The van der Waals surface area contributed by atoms with Crippen LogP contribution in [0.15, 0.2) is 12.1 Å². The summed E-state index contributed by atoms with van der Waals surface area (Å²) in [6.07, 6.45) is 2.62. The summed E-state index contributed by atoms with van der Waals surface area (Å²) in [6.45, 7) is 4.76. The lowest BCUT2D eigenvalue weighted by Gasteiger charge is -2.21. The molecule has 0 aromatic heterocycles. The number of fused-ring (bicyclic) bond motifs is 1. The van der Waals surface area contributed by atoms with Gasteiger partial charge in [-0.1, -0.05) is 6.07 Å². The lowest BCUT2D eigenvalue weighted by atomic mass is 10.1. The zero-order valence-electron chi connectivity index (χ0n) is 11.5. The maximum Gasteiger partial charge on any atom is 0.256 e. The van der Waals surface area contributed by atoms with Gasteiger partial charge >= 0.3 is 0 Å². The van der Waals surface area contributed by atoms with Crippen LogP contribution in [0.4, 0.5) is 11.4 Å². The molecule has 0 spiro atoms. The molecule has 102 valence electrons. The third-order valence-corrected chi connectivity index (χ3v) is 4.14. The molecule has 0 bridgehead atoms. The molecule has 0 aliphatic carbocycles. The van der Waals surface area contributed by atoms with Gasteiger partial charge in [0.05, 0.1) is 6.10 Å². The fraction of sp³-hybridized carbons (Fsp3) is 0.533. The summed E-state index contributed by atoms with van der Waals surface area (Å²) < 4.78 is 5.68. The summed E-state index contributed by atoms with van der Waals surface area (Å²) in [5.41, 5.74) is 9.98. The van der Waals surface area contributed by atoms with Crippen molar-refractivity contribution in [1.82, 2.24) is 0 Å². The van der Waals surface area contributed by atoms with E-state index in [2.05, 4.69) is 6.07 Å². The van der Waals surface area contributed by atoms with Gasteiger partial charge in [-0.3, -0.25) is 4.79 Å². The van der Waals surface area contributed by atoms with Gasteiger partial charge in [-0.25, -0.2) is 0 Å². The second-order valence-electron chi connectivity index (χ2n) is 5.59. The summed E-state index contributed by atoms with van der Waals surface area (Å²) in [5, 5.41) is 0. The standard InChI is InChI=1S/C15H20N2O2/c1-9-7-11-5-6-17(13(11)8-12(9)16)15(18)14-4-3-10(2)19-14/h7-8,10,14H,3-6,16H2,1-2H3. The number of hydrogen-bond donors (Lipinski definition) is 1. The lowest BCUT2D eigenvalue weighted by molar-refractivity contribution is -0.128. The molecular formula is C15H20N2O2. The normalized spacial score (nSPS) is 25.7. The molecule has 3 rings (SSSR count). The fourth-order valence-electron chi connectivity index (χ4n) is 2.96. The summed E-state index contributed by atoms with van der Waals surface area (Å²) in [5.74, 6) is 0.0892. The predicted octanol–water partition coefficient (Wildman–Crippen LogP) is 2.03. The number of nitrogens with zero attached hydrogens (tertiary/aromatic N) is 1. The van der Waals surface area contributed by atoms with E-state index in [-0.39, 0.29) is 18.1 Å². The number of aryl methyl sites for hydroxylation is 1. The third-order valence-electron chi connectivity index (χ3n) is 4.14. The van der Waals surface area contributed by atoms with Crippen molar-refractivity contribution < 1.29 is 9.53 Å². The summed E-state index contributed by atoms with van der Waals surface area (Å²) in [7, 11) is 0. The highest BCUT2D eigenvalue weighted by molar-refractivity contribution is 5.99. The number of amides is 1. The Kier molecular flexibility index (Phi) is 2.97. The van der Waals surface area contributed by atoms with Crippen LogP contribution in [0.5, 0.6) is 0 Å². The average Bonchev–Trinajstić information content (AvgIpc) is 2.96. The van der Waals surface area contributed by atoms with Gasteiger partial charge in [-0.2, -0.15) is 0 Å². The smallest absolute Gasteiger partial charge is 0.256 e. The van der Waals surface area contributed by atoms with E-state index < -0.39 is 0 Å². The summed E-state index contributed by atoms with van der Waals surface area (Å²) in [4.78, 5) is 14.4. The number of ether oxygens (including phenoxy) is 1. The molecule has 2 heterocycles. The van der Waals surface area contributed by atoms with E-state index in [1.165, 1.54) is 5.56 Å². The molecule has 2 aliphatic rings. The maximum absolute atomic E-state index is 12.5. The van der Waals surface area contributed by atoms with Gasteiger partial charge in [-0.05, 0) is 50.3 Å². The molecule has 0 radical (unpaired) electrons. The van der Waals surface area contributed by atoms with Crippen molar-refractivity contribution in [2.24, 2.45) is 0 Å². The zero-order chi connectivity index (χ0) is 13.6. The number of nitrogens with two attached hydrogens (primary N) is 1. The molecule has 0 saturated carbocycles. The first-order valence-electron chi connectivity index (χ1n) is 6.92. The van der Waals surface area contributed by atoms with Crippen molar-refractivity contribution in [3.8, 4) is 0 Å². The predicted molar refractivity (Wildman–Crippen MR) is 75.2 cm³/mol. The van der Waals surface area contributed by atoms with Gasteiger partial charge < -0.3 is 15.4 Å². The third kappa shape index (κ3) is 2.10. The Hall–Kier alpha value is -1.55. The lowest BCUT2D eigenvalue weighted by Crippen LogP contribution is -2.38. The molecule has 4 nitrogen and oxygen atoms in total. The molecule has 2 atom stereocenters. The molecular weight excluding hydrogens is 240 g/mol. The van der Waals surface area contributed by atoms with Crippen LogP contribution in [0.25, 0.3) is 0 Å². The van der Waals surface area contributed by atoms with Crippen molar-refractivity contribution in [3.05, 3.63) is 23.3 Å². The molecule has 2 aliphatic heterocycles. The largest absolute Gasteiger partial charge is 0.398 e. The summed E-state index contributed by atoms with van der Waals surface area (Å²) in [6, 6.07) is 4.02. The minimum atomic E-state index is -0.275. The second kappa shape index (κ2) is 4.53. The van der Waals surface area contributed by atoms with Crippen LogP contribution >= 0.6 is 0 Å². The summed E-state index contributed by atoms with van der Waals surface area (Å²) >= 11 is 0. The van der Waals surface area contributed by atoms with E-state index in [1.807, 2.05) is 24.8 Å². The zero-order valence-corrected chi connectivity index (χ0v) is 11.5. The minimum Gasteiger partial charge on any atom is -0.398 e. The minimum absolute atomic E-state index is 0.0892. The van der Waals surface area contributed by atoms with E-state index in [0.29, 0.717) is 0 Å². The van der Waals surface area contributed by atoms with E-state index in [4.69, 9.17) is 10.5 Å². The van der Waals surface area contributed by atoms with Gasteiger partial charge in [0.15, 0.2) is 0 Å². The molecule has 2 N–H and O–H groups in total. The van der Waals surface area contributed by atoms with Gasteiger partial charge in [0.25, 0.3) is 5.91 Å². The Labute approximate surface area is 113 Å². The van der Waals surface area contributed by atoms with Gasteiger partial charge in [0, 0.05) is 17.9 Å². The van der Waals surface area contributed by atoms with Crippen molar-refractivity contribution in [3.63, 3.8) is 0 Å². The molecule has 1 saturated heterocycles. The SMILES string of the molecule is Cc1cc2c(cc1N)N(C(=O)C1CCC(C)O1)CC2. The van der Waals surface area contributed by atoms with Crippen molar-refractivity contribution >= 4 is 17.3 Å². The molecule has 19 heavy (non-hydrogen) atoms. The van der Waals surface area contributed by atoms with Crippen LogP contribution in [-0.2, 0) is 16.0 Å². The Morgan fingerprint density at radius 1 is 1.42 bits per heavy atom. The van der Waals surface area contributed by atoms with E-state index in [0.717, 1.165) is 42.7 Å². The van der Waals surface area contributed by atoms with Crippen LogP contribution in [-0.4, -0.2) is 24.7 Å². The highest BCUT2D eigenvalue weighted by atomic mass is 16.5. The van der Waals surface area contributed by atoms with Gasteiger partial charge in [0.1, 0.15) is 6.10 Å². The molecule has 2 unspecified atom stereocenters. The number of carbonyl (C=O) groups is 1. The Balaban J connectivity index is 1.86. The van der Waals surface area contributed by atoms with Crippen LogP contribution in [0, 0.1) is 6.92 Å². The quantitative estimate of drug-likeness (QED) is 0.786. The number of hydrogen-bond acceptors (Lipinski definition) is 3. The average molecular weight is 260 g/mol. The van der Waals surface area contributed by atoms with E-state index in [1.54, 1.807) is 0 Å². The first kappa shape index (κ1) is 12.5. The van der Waals surface area contributed by atoms with Gasteiger partial charge in [-0.15, -0.1) is 0 Å². The maximum atomic E-state index is 12.5. The van der Waals surface area contributed by atoms with E-state index in [9.17, 15) is 4.79 Å². The Morgan fingerprint density at radius 3 is 2.89 bits per heavy atom. The molecule has 4 heteroatoms. The van der Waals surface area contributed by atoms with Crippen molar-refractivity contribution in [2.75, 3.05) is 17.2 Å². The fourth-order valence-corrected chi connectivity index (χ4v) is 2.96. The van der Waals surface area contributed by atoms with Gasteiger partial charge in [0.2, 0.25) is 0 Å². The first-order valence-corrected chi connectivity index (χ1v) is 6.92. The number of anilines is 2. The van der Waals surface area contributed by atoms with Crippen LogP contribution in [0.3, 0.4) is 0 Å². The second-order valence-corrected chi connectivity index (χ2v) is 5.59. The van der Waals surface area contributed by atoms with Crippen molar-refractivity contribution in [2.45, 2.75) is 45.3 Å². The van der Waals surface area contributed by atoms with Crippen LogP contribution < -0.4 is 10.6 Å². The number of nitrogen functional groups attached to an aromatic ring is 1. The van der Waals surface area contributed by atoms with E-state index >= 15 is 0 Å². The highest BCUT2D eigenvalue weighted by Crippen LogP contribution is 2.34. The highest BCUT2D eigenvalue weighted by Gasteiger charge is 2.35.